The highest BCUT2D eigenvalue weighted by atomic mass is 35.5. The number of nitrogens with one attached hydrogen (secondary N) is 2. The minimum atomic E-state index is -0.234. The highest BCUT2D eigenvalue weighted by Crippen LogP contribution is 2.22. The molecule has 0 aliphatic rings. The van der Waals surface area contributed by atoms with Crippen LogP contribution in [-0.2, 0) is 6.42 Å². The Hall–Kier alpha value is -2.08. The Balaban J connectivity index is 2.14. The molecule has 2 N–H and O–H groups in total. The Bertz CT molecular complexity index is 890. The van der Waals surface area contributed by atoms with Crippen molar-refractivity contribution in [3.05, 3.63) is 68.2 Å². The van der Waals surface area contributed by atoms with Gasteiger partial charge in [0.25, 0.3) is 11.8 Å². The Morgan fingerprint density at radius 2 is 1.66 bits per heavy atom. The van der Waals surface area contributed by atoms with Gasteiger partial charge >= 0.3 is 0 Å². The molecule has 1 atom stereocenters. The molecule has 0 bridgehead atoms. The first kappa shape index (κ1) is 23.2. The van der Waals surface area contributed by atoms with Gasteiger partial charge in [0.2, 0.25) is 0 Å². The van der Waals surface area contributed by atoms with E-state index in [4.69, 9.17) is 23.2 Å². The molecule has 0 fully saturated rings. The van der Waals surface area contributed by atoms with E-state index >= 15 is 0 Å². The molecule has 0 saturated carbocycles. The van der Waals surface area contributed by atoms with Gasteiger partial charge in [-0.1, -0.05) is 23.2 Å². The lowest BCUT2D eigenvalue weighted by Gasteiger charge is -2.26. The summed E-state index contributed by atoms with van der Waals surface area (Å²) in [5.41, 5.74) is 4.34. The Morgan fingerprint density at radius 3 is 2.17 bits per heavy atom. The van der Waals surface area contributed by atoms with E-state index in [-0.39, 0.29) is 17.9 Å². The number of benzene rings is 2. The number of nitrogens with zero attached hydrogens (tertiary/aromatic N) is 1. The maximum Gasteiger partial charge on any atom is 0.252 e. The van der Waals surface area contributed by atoms with Crippen LogP contribution in [-0.4, -0.2) is 50.4 Å². The third-order valence-electron chi connectivity index (χ3n) is 5.03. The maximum atomic E-state index is 12.5. The molecule has 7 heteroatoms. The zero-order valence-corrected chi connectivity index (χ0v) is 18.9. The van der Waals surface area contributed by atoms with Crippen molar-refractivity contribution in [1.29, 1.82) is 0 Å². The van der Waals surface area contributed by atoms with Gasteiger partial charge < -0.3 is 15.5 Å². The van der Waals surface area contributed by atoms with Crippen molar-refractivity contribution in [1.82, 2.24) is 15.5 Å². The molecule has 0 radical (unpaired) electrons. The first-order chi connectivity index (χ1) is 13.6. The van der Waals surface area contributed by atoms with Gasteiger partial charge in [-0.3, -0.25) is 9.59 Å². The van der Waals surface area contributed by atoms with Crippen molar-refractivity contribution in [3.8, 4) is 0 Å². The molecule has 0 aliphatic heterocycles. The minimum Gasteiger partial charge on any atom is -0.355 e. The average molecular weight is 436 g/mol. The number of carbonyl (C=O) groups is 2. The quantitative estimate of drug-likeness (QED) is 0.693. The monoisotopic (exact) mass is 435 g/mol. The van der Waals surface area contributed by atoms with Crippen LogP contribution in [0.3, 0.4) is 0 Å². The van der Waals surface area contributed by atoms with E-state index in [1.54, 1.807) is 25.2 Å². The van der Waals surface area contributed by atoms with Crippen LogP contribution in [0.1, 0.15) is 37.4 Å². The molecule has 0 unspecified atom stereocenters. The van der Waals surface area contributed by atoms with Crippen LogP contribution in [0.15, 0.2) is 30.3 Å². The Kier molecular flexibility index (Phi) is 8.08. The van der Waals surface area contributed by atoms with E-state index in [9.17, 15) is 9.59 Å². The summed E-state index contributed by atoms with van der Waals surface area (Å²) in [4.78, 5) is 26.6. The van der Waals surface area contributed by atoms with E-state index in [0.29, 0.717) is 27.7 Å². The minimum absolute atomic E-state index is 0.0771. The number of rotatable bonds is 7. The second kappa shape index (κ2) is 10.1. The van der Waals surface area contributed by atoms with E-state index in [0.717, 1.165) is 17.5 Å². The van der Waals surface area contributed by atoms with Crippen molar-refractivity contribution in [2.45, 2.75) is 26.3 Å². The topological polar surface area (TPSA) is 61.4 Å². The van der Waals surface area contributed by atoms with Gasteiger partial charge in [0.1, 0.15) is 0 Å². The molecular weight excluding hydrogens is 409 g/mol. The third kappa shape index (κ3) is 5.95. The largest absolute Gasteiger partial charge is 0.355 e. The standard InChI is InChI=1S/C22H27Cl2N3O2/c1-13-8-15(21(28)25-3)9-14(2)19(13)11-17(27(4)5)12-26-22(29)18-7-6-16(23)10-20(18)24/h6-10,17H,11-12H2,1-5H3,(H,25,28)(H,26,29)/t17-/m0/s1. The van der Waals surface area contributed by atoms with Gasteiger partial charge in [0.05, 0.1) is 10.6 Å². The van der Waals surface area contributed by atoms with Crippen molar-refractivity contribution < 1.29 is 9.59 Å². The number of hydrogen-bond donors (Lipinski definition) is 2. The summed E-state index contributed by atoms with van der Waals surface area (Å²) >= 11 is 12.0. The van der Waals surface area contributed by atoms with E-state index in [1.807, 2.05) is 40.1 Å². The maximum absolute atomic E-state index is 12.5. The molecule has 2 amide bonds. The first-order valence-corrected chi connectivity index (χ1v) is 10.1. The molecule has 156 valence electrons. The van der Waals surface area contributed by atoms with Gasteiger partial charge in [0, 0.05) is 30.2 Å². The van der Waals surface area contributed by atoms with Crippen LogP contribution in [0.2, 0.25) is 10.0 Å². The number of aryl methyl sites for hydroxylation is 2. The number of amides is 2. The Labute approximate surface area is 182 Å². The van der Waals surface area contributed by atoms with Gasteiger partial charge in [-0.2, -0.15) is 0 Å². The SMILES string of the molecule is CNC(=O)c1cc(C)c(C[C@@H](CNC(=O)c2ccc(Cl)cc2Cl)N(C)C)c(C)c1. The second-order valence-corrected chi connectivity index (χ2v) is 8.17. The van der Waals surface area contributed by atoms with E-state index in [2.05, 4.69) is 15.5 Å². The molecule has 29 heavy (non-hydrogen) atoms. The fourth-order valence-corrected chi connectivity index (χ4v) is 3.74. The van der Waals surface area contributed by atoms with Crippen LogP contribution in [0.25, 0.3) is 0 Å². The third-order valence-corrected chi connectivity index (χ3v) is 5.58. The van der Waals surface area contributed by atoms with Gasteiger partial charge in [-0.25, -0.2) is 0 Å². The number of carbonyl (C=O) groups excluding carboxylic acids is 2. The lowest BCUT2D eigenvalue weighted by atomic mass is 9.93. The van der Waals surface area contributed by atoms with Crippen molar-refractivity contribution in [3.63, 3.8) is 0 Å². The predicted octanol–water partition coefficient (Wildman–Crippen LogP) is 3.87. The van der Waals surface area contributed by atoms with Gasteiger partial charge in [-0.15, -0.1) is 0 Å². The highest BCUT2D eigenvalue weighted by Gasteiger charge is 2.19. The lowest BCUT2D eigenvalue weighted by molar-refractivity contribution is 0.0938. The van der Waals surface area contributed by atoms with Crippen LogP contribution in [0.5, 0.6) is 0 Å². The molecule has 0 spiro atoms. The number of halogens is 2. The predicted molar refractivity (Wildman–Crippen MR) is 119 cm³/mol. The summed E-state index contributed by atoms with van der Waals surface area (Å²) in [5, 5.41) is 6.44. The molecule has 0 aliphatic carbocycles. The number of hydrogen-bond acceptors (Lipinski definition) is 3. The van der Waals surface area contributed by atoms with Gasteiger partial charge in [-0.05, 0) is 81.4 Å². The summed E-state index contributed by atoms with van der Waals surface area (Å²) in [6.45, 7) is 4.47. The molecule has 5 nitrogen and oxygen atoms in total. The normalized spacial score (nSPS) is 12.0. The summed E-state index contributed by atoms with van der Waals surface area (Å²) in [6.07, 6.45) is 0.743. The van der Waals surface area contributed by atoms with Crippen LogP contribution in [0.4, 0.5) is 0 Å². The fraction of sp³-hybridized carbons (Fsp3) is 0.364. The zero-order valence-electron chi connectivity index (χ0n) is 17.4. The van der Waals surface area contributed by atoms with Crippen LogP contribution < -0.4 is 10.6 Å². The molecule has 0 aromatic heterocycles. The molecule has 2 aromatic carbocycles. The van der Waals surface area contributed by atoms with Crippen molar-refractivity contribution in [2.24, 2.45) is 0 Å². The molecule has 2 rings (SSSR count). The summed E-state index contributed by atoms with van der Waals surface area (Å²) in [5.74, 6) is -0.332. The smallest absolute Gasteiger partial charge is 0.252 e. The van der Waals surface area contributed by atoms with Crippen LogP contribution in [0, 0.1) is 13.8 Å². The Morgan fingerprint density at radius 1 is 1.03 bits per heavy atom. The van der Waals surface area contributed by atoms with Crippen LogP contribution >= 0.6 is 23.2 Å². The zero-order chi connectivity index (χ0) is 21.7. The first-order valence-electron chi connectivity index (χ1n) is 9.36. The van der Waals surface area contributed by atoms with Crippen molar-refractivity contribution in [2.75, 3.05) is 27.7 Å². The lowest BCUT2D eigenvalue weighted by Crippen LogP contribution is -2.42. The summed E-state index contributed by atoms with van der Waals surface area (Å²) in [7, 11) is 5.59. The average Bonchev–Trinajstić information content (AvgIpc) is 2.65. The molecular formula is C22H27Cl2N3O2. The number of likely N-dealkylation sites (N-methyl/N-ethyl adjacent to an activating group) is 1. The van der Waals surface area contributed by atoms with E-state index in [1.165, 1.54) is 5.56 Å². The summed E-state index contributed by atoms with van der Waals surface area (Å²) in [6, 6.07) is 8.71. The molecule has 0 heterocycles. The summed E-state index contributed by atoms with van der Waals surface area (Å²) < 4.78 is 0. The molecule has 2 aromatic rings. The second-order valence-electron chi connectivity index (χ2n) is 7.32. The fourth-order valence-electron chi connectivity index (χ4n) is 3.24. The van der Waals surface area contributed by atoms with Gasteiger partial charge in [0.15, 0.2) is 0 Å². The molecule has 0 saturated heterocycles. The van der Waals surface area contributed by atoms with E-state index < -0.39 is 0 Å². The highest BCUT2D eigenvalue weighted by molar-refractivity contribution is 6.36. The van der Waals surface area contributed by atoms with Crippen molar-refractivity contribution >= 4 is 35.0 Å².